The number of rotatable bonds is 6. The van der Waals surface area contributed by atoms with E-state index in [1.54, 1.807) is 18.2 Å². The van der Waals surface area contributed by atoms with E-state index in [-0.39, 0.29) is 0 Å². The lowest BCUT2D eigenvalue weighted by molar-refractivity contribution is -0.308. The summed E-state index contributed by atoms with van der Waals surface area (Å²) in [5.41, 5.74) is 1.42. The van der Waals surface area contributed by atoms with E-state index in [1.807, 2.05) is 30.3 Å². The molecule has 110 valence electrons. The minimum Gasteiger partial charge on any atom is -0.549 e. The van der Waals surface area contributed by atoms with Gasteiger partial charge in [0.05, 0.1) is 14.2 Å². The highest BCUT2D eigenvalue weighted by Gasteiger charge is 2.22. The summed E-state index contributed by atoms with van der Waals surface area (Å²) in [5.74, 6) is -1.01. The SMILES string of the molecule is COc1cccc(OC)c1C(Cc1ccccc1)C(=O)[O-]. The number of carbonyl (C=O) groups is 1. The van der Waals surface area contributed by atoms with E-state index in [1.165, 1.54) is 14.2 Å². The molecule has 1 unspecified atom stereocenters. The minimum absolute atomic E-state index is 0.319. The van der Waals surface area contributed by atoms with Crippen molar-refractivity contribution < 1.29 is 19.4 Å². The third-order valence-electron chi connectivity index (χ3n) is 3.38. The number of benzene rings is 2. The Morgan fingerprint density at radius 1 is 1.00 bits per heavy atom. The standard InChI is InChI=1S/C17H18O4/c1-20-14-9-6-10-15(21-2)16(14)13(17(18)19)11-12-7-4-3-5-8-12/h3-10,13H,11H2,1-2H3,(H,18,19)/p-1. The first-order valence-electron chi connectivity index (χ1n) is 6.63. The van der Waals surface area contributed by atoms with Gasteiger partial charge >= 0.3 is 0 Å². The Morgan fingerprint density at radius 3 is 2.05 bits per heavy atom. The van der Waals surface area contributed by atoms with E-state index in [4.69, 9.17) is 9.47 Å². The summed E-state index contributed by atoms with van der Waals surface area (Å²) in [6, 6.07) is 14.6. The molecule has 0 amide bonds. The van der Waals surface area contributed by atoms with Crippen molar-refractivity contribution in [2.75, 3.05) is 14.2 Å². The maximum absolute atomic E-state index is 11.6. The Bertz CT molecular complexity index is 585. The number of carboxylic acids is 1. The molecular weight excluding hydrogens is 268 g/mol. The highest BCUT2D eigenvalue weighted by Crippen LogP contribution is 2.36. The Hall–Kier alpha value is -2.49. The monoisotopic (exact) mass is 285 g/mol. The van der Waals surface area contributed by atoms with Gasteiger partial charge in [-0.3, -0.25) is 0 Å². The zero-order chi connectivity index (χ0) is 15.2. The molecule has 2 rings (SSSR count). The minimum atomic E-state index is -1.15. The lowest BCUT2D eigenvalue weighted by Gasteiger charge is -2.23. The van der Waals surface area contributed by atoms with Crippen LogP contribution in [0.3, 0.4) is 0 Å². The lowest BCUT2D eigenvalue weighted by Crippen LogP contribution is -2.31. The number of aliphatic carboxylic acids is 1. The average Bonchev–Trinajstić information content (AvgIpc) is 2.52. The Balaban J connectivity index is 2.45. The van der Waals surface area contributed by atoms with E-state index >= 15 is 0 Å². The second-order valence-corrected chi connectivity index (χ2v) is 4.64. The van der Waals surface area contributed by atoms with Gasteiger partial charge in [-0.1, -0.05) is 36.4 Å². The average molecular weight is 285 g/mol. The summed E-state index contributed by atoms with van der Waals surface area (Å²) in [4.78, 5) is 11.6. The molecule has 0 spiro atoms. The molecule has 2 aromatic rings. The van der Waals surface area contributed by atoms with Crippen molar-refractivity contribution in [1.82, 2.24) is 0 Å². The van der Waals surface area contributed by atoms with Crippen LogP contribution in [0.25, 0.3) is 0 Å². The van der Waals surface area contributed by atoms with Crippen LogP contribution in [0.4, 0.5) is 0 Å². The molecule has 0 bridgehead atoms. The van der Waals surface area contributed by atoms with Gasteiger partial charge in [-0.15, -0.1) is 0 Å². The molecular formula is C17H17O4-. The largest absolute Gasteiger partial charge is 0.549 e. The number of methoxy groups -OCH3 is 2. The van der Waals surface area contributed by atoms with Crippen molar-refractivity contribution in [3.05, 3.63) is 59.7 Å². The van der Waals surface area contributed by atoms with Gasteiger partial charge in [0.2, 0.25) is 0 Å². The summed E-state index contributed by atoms with van der Waals surface area (Å²) >= 11 is 0. The van der Waals surface area contributed by atoms with Gasteiger partial charge in [0.1, 0.15) is 11.5 Å². The van der Waals surface area contributed by atoms with Crippen LogP contribution >= 0.6 is 0 Å². The topological polar surface area (TPSA) is 58.6 Å². The molecule has 0 N–H and O–H groups in total. The van der Waals surface area contributed by atoms with Gasteiger partial charge in [-0.05, 0) is 24.1 Å². The van der Waals surface area contributed by atoms with Crippen LogP contribution in [-0.4, -0.2) is 20.2 Å². The molecule has 0 saturated heterocycles. The second-order valence-electron chi connectivity index (χ2n) is 4.64. The van der Waals surface area contributed by atoms with Crippen LogP contribution in [0.1, 0.15) is 17.0 Å². The fraction of sp³-hybridized carbons (Fsp3) is 0.235. The molecule has 0 radical (unpaired) electrons. The number of ether oxygens (including phenoxy) is 2. The van der Waals surface area contributed by atoms with E-state index in [0.29, 0.717) is 23.5 Å². The van der Waals surface area contributed by atoms with E-state index in [9.17, 15) is 9.90 Å². The third-order valence-corrected chi connectivity index (χ3v) is 3.38. The van der Waals surface area contributed by atoms with Crippen molar-refractivity contribution in [2.45, 2.75) is 12.3 Å². The van der Waals surface area contributed by atoms with Crippen LogP contribution < -0.4 is 14.6 Å². The molecule has 0 aliphatic carbocycles. The summed E-state index contributed by atoms with van der Waals surface area (Å²) in [7, 11) is 3.01. The van der Waals surface area contributed by atoms with Gasteiger partial charge in [-0.25, -0.2) is 0 Å². The summed E-state index contributed by atoms with van der Waals surface area (Å²) < 4.78 is 10.6. The predicted octanol–water partition coefficient (Wildman–Crippen LogP) is 1.78. The highest BCUT2D eigenvalue weighted by molar-refractivity contribution is 5.77. The Kier molecular flexibility index (Phi) is 4.82. The maximum atomic E-state index is 11.6. The number of hydrogen-bond donors (Lipinski definition) is 0. The molecule has 4 nitrogen and oxygen atoms in total. The van der Waals surface area contributed by atoms with E-state index in [0.717, 1.165) is 5.56 Å². The second kappa shape index (κ2) is 6.79. The quantitative estimate of drug-likeness (QED) is 0.811. The van der Waals surface area contributed by atoms with Gasteiger partial charge < -0.3 is 19.4 Å². The van der Waals surface area contributed by atoms with Gasteiger partial charge in [0.15, 0.2) is 0 Å². The van der Waals surface area contributed by atoms with Crippen LogP contribution in [0.5, 0.6) is 11.5 Å². The fourth-order valence-electron chi connectivity index (χ4n) is 2.38. The Morgan fingerprint density at radius 2 is 1.57 bits per heavy atom. The molecule has 0 aliphatic rings. The molecule has 0 saturated carbocycles. The normalized spacial score (nSPS) is 11.7. The molecule has 21 heavy (non-hydrogen) atoms. The lowest BCUT2D eigenvalue weighted by atomic mass is 9.90. The summed E-state index contributed by atoms with van der Waals surface area (Å²) in [6.45, 7) is 0. The van der Waals surface area contributed by atoms with Crippen molar-refractivity contribution in [3.63, 3.8) is 0 Å². The van der Waals surface area contributed by atoms with Crippen molar-refractivity contribution in [1.29, 1.82) is 0 Å². The van der Waals surface area contributed by atoms with Crippen molar-refractivity contribution >= 4 is 5.97 Å². The van der Waals surface area contributed by atoms with Crippen molar-refractivity contribution in [2.24, 2.45) is 0 Å². The zero-order valence-corrected chi connectivity index (χ0v) is 12.0. The molecule has 0 heterocycles. The van der Waals surface area contributed by atoms with Crippen LogP contribution in [0, 0.1) is 0 Å². The van der Waals surface area contributed by atoms with E-state index in [2.05, 4.69) is 0 Å². The molecule has 4 heteroatoms. The predicted molar refractivity (Wildman–Crippen MR) is 77.4 cm³/mol. The van der Waals surface area contributed by atoms with E-state index < -0.39 is 11.9 Å². The molecule has 0 aliphatic heterocycles. The first-order chi connectivity index (χ1) is 10.2. The fourth-order valence-corrected chi connectivity index (χ4v) is 2.38. The van der Waals surface area contributed by atoms with Gasteiger partial charge in [0, 0.05) is 17.5 Å². The van der Waals surface area contributed by atoms with Crippen LogP contribution in [0.15, 0.2) is 48.5 Å². The number of hydrogen-bond acceptors (Lipinski definition) is 4. The van der Waals surface area contributed by atoms with Gasteiger partial charge in [0.25, 0.3) is 0 Å². The third kappa shape index (κ3) is 3.34. The zero-order valence-electron chi connectivity index (χ0n) is 12.0. The number of carboxylic acid groups (broad SMARTS) is 1. The smallest absolute Gasteiger partial charge is 0.126 e. The first kappa shape index (κ1) is 14.9. The molecule has 1 atom stereocenters. The van der Waals surface area contributed by atoms with Crippen LogP contribution in [0.2, 0.25) is 0 Å². The molecule has 0 fully saturated rings. The number of carbonyl (C=O) groups excluding carboxylic acids is 1. The highest BCUT2D eigenvalue weighted by atomic mass is 16.5. The molecule has 2 aromatic carbocycles. The van der Waals surface area contributed by atoms with Crippen molar-refractivity contribution in [3.8, 4) is 11.5 Å². The maximum Gasteiger partial charge on any atom is 0.126 e. The Labute approximate surface area is 123 Å². The van der Waals surface area contributed by atoms with Crippen LogP contribution in [-0.2, 0) is 11.2 Å². The summed E-state index contributed by atoms with van der Waals surface area (Å²) in [5, 5.41) is 11.6. The molecule has 0 aromatic heterocycles. The first-order valence-corrected chi connectivity index (χ1v) is 6.63. The summed E-state index contributed by atoms with van der Waals surface area (Å²) in [6.07, 6.45) is 0.319. The van der Waals surface area contributed by atoms with Gasteiger partial charge in [-0.2, -0.15) is 0 Å².